The Hall–Kier alpha value is -0.900. The number of aromatic nitrogens is 2. The first-order valence-electron chi connectivity index (χ1n) is 5.25. The lowest BCUT2D eigenvalue weighted by molar-refractivity contribution is 0.460. The zero-order valence-corrected chi connectivity index (χ0v) is 9.97. The number of rotatable bonds is 4. The van der Waals surface area contributed by atoms with Crippen LogP contribution >= 0.6 is 0 Å². The third kappa shape index (κ3) is 3.02. The van der Waals surface area contributed by atoms with Gasteiger partial charge < -0.3 is 5.32 Å². The molecule has 0 bridgehead atoms. The average molecular weight is 213 g/mol. The van der Waals surface area contributed by atoms with E-state index < -0.39 is 0 Å². The molecule has 0 amide bonds. The van der Waals surface area contributed by atoms with Gasteiger partial charge in [-0.2, -0.15) is 5.10 Å². The lowest BCUT2D eigenvalue weighted by atomic mass is 9.87. The van der Waals surface area contributed by atoms with Gasteiger partial charge in [0.25, 0.3) is 0 Å². The Morgan fingerprint density at radius 3 is 2.67 bits per heavy atom. The minimum Gasteiger partial charge on any atom is -0.309 e. The van der Waals surface area contributed by atoms with E-state index in [1.807, 2.05) is 17.9 Å². The molecule has 0 aromatic carbocycles. The van der Waals surface area contributed by atoms with Crippen molar-refractivity contribution in [1.29, 1.82) is 0 Å². The highest BCUT2D eigenvalue weighted by Crippen LogP contribution is 2.25. The molecule has 1 aromatic heterocycles. The summed E-state index contributed by atoms with van der Waals surface area (Å²) in [7, 11) is 1.92. The maximum atomic E-state index is 12.0. The van der Waals surface area contributed by atoms with Crippen molar-refractivity contribution in [2.75, 3.05) is 13.2 Å². The van der Waals surface area contributed by atoms with Crippen molar-refractivity contribution in [1.82, 2.24) is 15.1 Å². The third-order valence-electron chi connectivity index (χ3n) is 2.43. The van der Waals surface area contributed by atoms with E-state index in [0.29, 0.717) is 13.1 Å². The number of nitrogens with zero attached hydrogens (tertiary/aromatic N) is 2. The van der Waals surface area contributed by atoms with Gasteiger partial charge in [-0.25, -0.2) is 4.39 Å². The fourth-order valence-electron chi connectivity index (χ4n) is 1.57. The van der Waals surface area contributed by atoms with Crippen LogP contribution in [0.3, 0.4) is 0 Å². The summed E-state index contributed by atoms with van der Waals surface area (Å²) in [5.74, 6) is 0. The van der Waals surface area contributed by atoms with Crippen LogP contribution in [-0.2, 0) is 19.0 Å². The van der Waals surface area contributed by atoms with Crippen molar-refractivity contribution in [3.05, 3.63) is 17.5 Å². The quantitative estimate of drug-likeness (QED) is 0.773. The highest BCUT2D eigenvalue weighted by atomic mass is 19.1. The topological polar surface area (TPSA) is 29.9 Å². The van der Waals surface area contributed by atoms with Gasteiger partial charge in [-0.1, -0.05) is 20.8 Å². The van der Waals surface area contributed by atoms with E-state index in [9.17, 15) is 4.39 Å². The Morgan fingerprint density at radius 2 is 2.13 bits per heavy atom. The second kappa shape index (κ2) is 4.75. The minimum absolute atomic E-state index is 0.0843. The van der Waals surface area contributed by atoms with Crippen LogP contribution in [-0.4, -0.2) is 23.0 Å². The number of hydrogen-bond acceptors (Lipinski definition) is 2. The van der Waals surface area contributed by atoms with Crippen LogP contribution in [0.25, 0.3) is 0 Å². The van der Waals surface area contributed by atoms with Crippen molar-refractivity contribution in [2.45, 2.75) is 32.7 Å². The van der Waals surface area contributed by atoms with E-state index in [4.69, 9.17) is 0 Å². The molecule has 3 nitrogen and oxygen atoms in total. The van der Waals surface area contributed by atoms with Gasteiger partial charge >= 0.3 is 0 Å². The highest BCUT2D eigenvalue weighted by Gasteiger charge is 2.20. The molecule has 4 heteroatoms. The Balaban J connectivity index is 2.80. The molecule has 86 valence electrons. The summed E-state index contributed by atoms with van der Waals surface area (Å²) in [6.07, 6.45) is 1.90. The van der Waals surface area contributed by atoms with Crippen LogP contribution < -0.4 is 5.32 Å². The van der Waals surface area contributed by atoms with Crippen molar-refractivity contribution in [3.8, 4) is 0 Å². The molecule has 0 radical (unpaired) electrons. The Labute approximate surface area is 90.7 Å². The Kier molecular flexibility index (Phi) is 3.85. The van der Waals surface area contributed by atoms with Gasteiger partial charge in [0.05, 0.1) is 11.9 Å². The zero-order chi connectivity index (χ0) is 11.5. The predicted molar refractivity (Wildman–Crippen MR) is 59.6 cm³/mol. The molecule has 0 aliphatic carbocycles. The Bertz CT molecular complexity index is 312. The molecule has 0 aliphatic rings. The molecule has 0 unspecified atom stereocenters. The first kappa shape index (κ1) is 12.2. The average Bonchev–Trinajstić information content (AvgIpc) is 2.48. The van der Waals surface area contributed by atoms with Crippen LogP contribution in [0.2, 0.25) is 0 Å². The van der Waals surface area contributed by atoms with E-state index in [-0.39, 0.29) is 12.1 Å². The van der Waals surface area contributed by atoms with Gasteiger partial charge in [0, 0.05) is 20.1 Å². The van der Waals surface area contributed by atoms with Gasteiger partial charge in [-0.15, -0.1) is 0 Å². The second-order valence-electron chi connectivity index (χ2n) is 4.74. The molecule has 0 spiro atoms. The van der Waals surface area contributed by atoms with E-state index in [2.05, 4.69) is 31.2 Å². The minimum atomic E-state index is -0.331. The van der Waals surface area contributed by atoms with Crippen LogP contribution in [0.15, 0.2) is 6.20 Å². The molecule has 15 heavy (non-hydrogen) atoms. The van der Waals surface area contributed by atoms with Gasteiger partial charge in [-0.3, -0.25) is 4.68 Å². The molecule has 1 heterocycles. The van der Waals surface area contributed by atoms with Gasteiger partial charge in [0.1, 0.15) is 6.67 Å². The van der Waals surface area contributed by atoms with Crippen LogP contribution in [0.5, 0.6) is 0 Å². The van der Waals surface area contributed by atoms with E-state index in [1.165, 1.54) is 5.56 Å². The van der Waals surface area contributed by atoms with Crippen LogP contribution in [0, 0.1) is 0 Å². The third-order valence-corrected chi connectivity index (χ3v) is 2.43. The van der Waals surface area contributed by atoms with Crippen LogP contribution in [0.1, 0.15) is 32.0 Å². The number of hydrogen-bond donors (Lipinski definition) is 1. The van der Waals surface area contributed by atoms with E-state index in [1.54, 1.807) is 0 Å². The fraction of sp³-hybridized carbons (Fsp3) is 0.727. The van der Waals surface area contributed by atoms with Gasteiger partial charge in [0.2, 0.25) is 0 Å². The maximum absolute atomic E-state index is 12.0. The molecule has 0 aliphatic heterocycles. The lowest BCUT2D eigenvalue weighted by Gasteiger charge is -2.19. The zero-order valence-electron chi connectivity index (χ0n) is 9.97. The molecule has 0 saturated carbocycles. The second-order valence-corrected chi connectivity index (χ2v) is 4.74. The summed E-state index contributed by atoms with van der Waals surface area (Å²) >= 11 is 0. The SMILES string of the molecule is Cn1ncc(C(C)(C)C)c1CNCCF. The smallest absolute Gasteiger partial charge is 0.102 e. The molecule has 0 fully saturated rings. The van der Waals surface area contributed by atoms with Gasteiger partial charge in [0.15, 0.2) is 0 Å². The Morgan fingerprint density at radius 1 is 1.47 bits per heavy atom. The van der Waals surface area contributed by atoms with Crippen molar-refractivity contribution < 1.29 is 4.39 Å². The summed E-state index contributed by atoms with van der Waals surface area (Å²) in [4.78, 5) is 0. The normalized spacial score (nSPS) is 12.1. The van der Waals surface area contributed by atoms with Crippen molar-refractivity contribution in [3.63, 3.8) is 0 Å². The number of nitrogens with one attached hydrogen (secondary N) is 1. The molecular weight excluding hydrogens is 193 g/mol. The predicted octanol–water partition coefficient (Wildman–Crippen LogP) is 1.78. The summed E-state index contributed by atoms with van der Waals surface area (Å²) in [6.45, 7) is 7.21. The first-order valence-corrected chi connectivity index (χ1v) is 5.25. The van der Waals surface area contributed by atoms with E-state index >= 15 is 0 Å². The summed E-state index contributed by atoms with van der Waals surface area (Å²) < 4.78 is 13.8. The molecule has 1 N–H and O–H groups in total. The summed E-state index contributed by atoms with van der Waals surface area (Å²) in [5, 5.41) is 7.30. The molecular formula is C11H20FN3. The number of alkyl halides is 1. The van der Waals surface area contributed by atoms with Crippen molar-refractivity contribution >= 4 is 0 Å². The van der Waals surface area contributed by atoms with Gasteiger partial charge in [-0.05, 0) is 11.0 Å². The number of aryl methyl sites for hydroxylation is 1. The standard InChI is InChI=1S/C11H20FN3/c1-11(2,3)9-7-14-15(4)10(9)8-13-6-5-12/h7,13H,5-6,8H2,1-4H3. The van der Waals surface area contributed by atoms with Crippen molar-refractivity contribution in [2.24, 2.45) is 7.05 Å². The molecule has 0 saturated heterocycles. The maximum Gasteiger partial charge on any atom is 0.102 e. The molecule has 1 rings (SSSR count). The highest BCUT2D eigenvalue weighted by molar-refractivity contribution is 5.25. The number of halogens is 1. The lowest BCUT2D eigenvalue weighted by Crippen LogP contribution is -2.22. The monoisotopic (exact) mass is 213 g/mol. The molecule has 1 aromatic rings. The fourth-order valence-corrected chi connectivity index (χ4v) is 1.57. The summed E-state index contributed by atoms with van der Waals surface area (Å²) in [5.41, 5.74) is 2.44. The summed E-state index contributed by atoms with van der Waals surface area (Å²) in [6, 6.07) is 0. The van der Waals surface area contributed by atoms with Crippen LogP contribution in [0.4, 0.5) is 4.39 Å². The molecule has 0 atom stereocenters. The first-order chi connectivity index (χ1) is 6.96. The largest absolute Gasteiger partial charge is 0.309 e. The van der Waals surface area contributed by atoms with E-state index in [0.717, 1.165) is 5.69 Å².